The zero-order valence-electron chi connectivity index (χ0n) is 30.3. The van der Waals surface area contributed by atoms with Crippen LogP contribution in [0.1, 0.15) is 28.7 Å². The minimum atomic E-state index is -4.24. The molecule has 53 heavy (non-hydrogen) atoms. The average Bonchev–Trinajstić information content (AvgIpc) is 3.13. The second-order valence-corrected chi connectivity index (χ2v) is 21.0. The molecule has 1 heterocycles. The molecule has 1 aliphatic heterocycles. The van der Waals surface area contributed by atoms with E-state index in [1.807, 2.05) is 27.7 Å². The van der Waals surface area contributed by atoms with Crippen LogP contribution in [-0.4, -0.2) is 103 Å². The normalized spacial score (nSPS) is 17.4. The van der Waals surface area contributed by atoms with Crippen LogP contribution in [-0.2, 0) is 40.1 Å². The van der Waals surface area contributed by atoms with Gasteiger partial charge in [-0.3, -0.25) is 0 Å². The lowest BCUT2D eigenvalue weighted by molar-refractivity contribution is 0.316. The van der Waals surface area contributed by atoms with E-state index in [9.17, 15) is 33.7 Å². The molecule has 286 valence electrons. The molecule has 1 aliphatic rings. The third-order valence-corrected chi connectivity index (χ3v) is 16.9. The molecule has 4 aromatic rings. The molecule has 5 rings (SSSR count). The molecule has 0 bridgehead atoms. The van der Waals surface area contributed by atoms with Crippen molar-refractivity contribution in [2.24, 2.45) is 0 Å². The van der Waals surface area contributed by atoms with E-state index in [4.69, 9.17) is 0 Å². The maximum Gasteiger partial charge on any atom is 0.243 e. The third-order valence-electron chi connectivity index (χ3n) is 9.25. The van der Waals surface area contributed by atoms with Gasteiger partial charge in [-0.05, 0) is 82.6 Å². The Balaban J connectivity index is 1.59. The molecule has 0 aliphatic carbocycles. The van der Waals surface area contributed by atoms with Crippen LogP contribution in [0, 0.1) is 27.7 Å². The first-order chi connectivity index (χ1) is 24.9. The molecule has 0 aromatic heterocycles. The van der Waals surface area contributed by atoms with Crippen molar-refractivity contribution in [3.05, 3.63) is 119 Å². The Morgan fingerprint density at radius 2 is 0.472 bits per heavy atom. The van der Waals surface area contributed by atoms with Crippen molar-refractivity contribution in [3.63, 3.8) is 0 Å². The van der Waals surface area contributed by atoms with Gasteiger partial charge in [0.2, 0.25) is 40.1 Å². The summed E-state index contributed by atoms with van der Waals surface area (Å²) in [5.41, 5.74) is 3.38. The van der Waals surface area contributed by atoms with Gasteiger partial charge in [-0.2, -0.15) is 17.2 Å². The summed E-state index contributed by atoms with van der Waals surface area (Å²) < 4.78 is 118. The van der Waals surface area contributed by atoms with Gasteiger partial charge in [-0.1, -0.05) is 70.8 Å². The number of aryl methyl sites for hydroxylation is 4. The molecule has 1 fully saturated rings. The SMILES string of the molecule is Cc1ccc(S(=O)(=O)N2CCCN(S(=O)(=O)c3ccc(C)cc3)CCN(S(=O)(=O)c3ccc(C)cc3)CCN(S(=O)(=O)c3ccc(C)cc3)CC2)cc1. The van der Waals surface area contributed by atoms with Gasteiger partial charge in [0.05, 0.1) is 19.6 Å². The number of hydrogen-bond donors (Lipinski definition) is 0. The fraction of sp³-hybridized carbons (Fsp3) is 0.351. The predicted octanol–water partition coefficient (Wildman–Crippen LogP) is 4.39. The summed E-state index contributed by atoms with van der Waals surface area (Å²) in [6.07, 6.45) is 0.0472. The predicted molar refractivity (Wildman–Crippen MR) is 204 cm³/mol. The molecule has 0 N–H and O–H groups in total. The van der Waals surface area contributed by atoms with Crippen LogP contribution in [0.4, 0.5) is 0 Å². The Labute approximate surface area is 314 Å². The lowest BCUT2D eigenvalue weighted by Gasteiger charge is -2.29. The maximum absolute atomic E-state index is 14.2. The topological polar surface area (TPSA) is 150 Å². The Morgan fingerprint density at radius 1 is 0.302 bits per heavy atom. The molecule has 0 spiro atoms. The molecular weight excluding hydrogens is 757 g/mol. The van der Waals surface area contributed by atoms with E-state index in [0.29, 0.717) is 0 Å². The first-order valence-electron chi connectivity index (χ1n) is 17.2. The van der Waals surface area contributed by atoms with E-state index < -0.39 is 40.1 Å². The highest BCUT2D eigenvalue weighted by atomic mass is 32.2. The molecule has 12 nitrogen and oxygen atoms in total. The van der Waals surface area contributed by atoms with Crippen LogP contribution in [0.2, 0.25) is 0 Å². The summed E-state index contributed by atoms with van der Waals surface area (Å²) in [6.45, 7) is 5.28. The number of hydrogen-bond acceptors (Lipinski definition) is 8. The monoisotopic (exact) mass is 802 g/mol. The molecular formula is C37H46N4O8S4. The van der Waals surface area contributed by atoms with Crippen molar-refractivity contribution in [3.8, 4) is 0 Å². The molecule has 0 radical (unpaired) electrons. The van der Waals surface area contributed by atoms with E-state index in [1.54, 1.807) is 48.5 Å². The fourth-order valence-corrected chi connectivity index (χ4v) is 11.7. The zero-order valence-corrected chi connectivity index (χ0v) is 33.6. The van der Waals surface area contributed by atoms with Gasteiger partial charge in [0.15, 0.2) is 0 Å². The molecule has 16 heteroatoms. The van der Waals surface area contributed by atoms with E-state index in [0.717, 1.165) is 30.9 Å². The Kier molecular flexibility index (Phi) is 12.7. The lowest BCUT2D eigenvalue weighted by Crippen LogP contribution is -2.46. The minimum absolute atomic E-state index is 0.0138. The summed E-state index contributed by atoms with van der Waals surface area (Å²) in [4.78, 5) is -0.0213. The molecule has 0 saturated carbocycles. The standard InChI is InChI=1S/C37H46N4O8S4/c1-30-6-14-34(15-7-30)50(42,43)38-22-5-23-39(51(44,45)35-16-8-31(2)9-17-35)25-27-41(53(48,49)37-20-12-33(4)13-21-37)29-28-40(26-24-38)52(46,47)36-18-10-32(3)11-19-36/h6-21H,5,22-29H2,1-4H3. The van der Waals surface area contributed by atoms with E-state index in [1.165, 1.54) is 57.1 Å². The summed E-state index contributed by atoms with van der Waals surface area (Å²) >= 11 is 0. The number of benzene rings is 4. The zero-order chi connectivity index (χ0) is 38.6. The molecule has 4 aromatic carbocycles. The van der Waals surface area contributed by atoms with Crippen molar-refractivity contribution >= 4 is 40.1 Å². The first-order valence-corrected chi connectivity index (χ1v) is 23.0. The molecule has 1 saturated heterocycles. The van der Waals surface area contributed by atoms with Crippen LogP contribution in [0.25, 0.3) is 0 Å². The van der Waals surface area contributed by atoms with Crippen LogP contribution in [0.15, 0.2) is 117 Å². The highest BCUT2D eigenvalue weighted by Gasteiger charge is 2.34. The van der Waals surface area contributed by atoms with Gasteiger partial charge in [0, 0.05) is 52.4 Å². The number of nitrogens with zero attached hydrogens (tertiary/aromatic N) is 4. The Hall–Kier alpha value is -3.48. The van der Waals surface area contributed by atoms with E-state index >= 15 is 0 Å². The second-order valence-electron chi connectivity index (χ2n) is 13.2. The van der Waals surface area contributed by atoms with E-state index in [-0.39, 0.29) is 78.4 Å². The van der Waals surface area contributed by atoms with Gasteiger partial charge in [-0.25, -0.2) is 33.7 Å². The Morgan fingerprint density at radius 3 is 0.660 bits per heavy atom. The van der Waals surface area contributed by atoms with E-state index in [2.05, 4.69) is 0 Å². The van der Waals surface area contributed by atoms with Crippen LogP contribution >= 0.6 is 0 Å². The maximum atomic E-state index is 14.2. The summed E-state index contributed by atoms with van der Waals surface area (Å²) in [5, 5.41) is 0. The first kappa shape index (κ1) is 40.7. The lowest BCUT2D eigenvalue weighted by atomic mass is 10.2. The molecule has 0 atom stereocenters. The van der Waals surface area contributed by atoms with Crippen molar-refractivity contribution in [1.82, 2.24) is 17.2 Å². The van der Waals surface area contributed by atoms with Crippen molar-refractivity contribution in [2.45, 2.75) is 53.7 Å². The number of sulfonamides is 4. The highest BCUT2D eigenvalue weighted by Crippen LogP contribution is 2.24. The van der Waals surface area contributed by atoms with Gasteiger partial charge in [-0.15, -0.1) is 0 Å². The van der Waals surface area contributed by atoms with Crippen molar-refractivity contribution in [2.75, 3.05) is 52.4 Å². The average molecular weight is 803 g/mol. The van der Waals surface area contributed by atoms with Gasteiger partial charge >= 0.3 is 0 Å². The summed E-state index contributed by atoms with van der Waals surface area (Å²) in [5.74, 6) is 0. The minimum Gasteiger partial charge on any atom is -0.207 e. The van der Waals surface area contributed by atoms with Crippen LogP contribution < -0.4 is 0 Å². The summed E-state index contributed by atoms with van der Waals surface area (Å²) in [6, 6.07) is 25.0. The van der Waals surface area contributed by atoms with Crippen LogP contribution in [0.5, 0.6) is 0 Å². The largest absolute Gasteiger partial charge is 0.243 e. The summed E-state index contributed by atoms with van der Waals surface area (Å²) in [7, 11) is -16.8. The number of rotatable bonds is 8. The van der Waals surface area contributed by atoms with Gasteiger partial charge in [0.25, 0.3) is 0 Å². The molecule has 0 amide bonds. The highest BCUT2D eigenvalue weighted by molar-refractivity contribution is 7.90. The molecule has 0 unspecified atom stereocenters. The third kappa shape index (κ3) is 9.43. The Bertz CT molecular complexity index is 2150. The van der Waals surface area contributed by atoms with Crippen molar-refractivity contribution in [1.29, 1.82) is 0 Å². The quantitative estimate of drug-likeness (QED) is 0.255. The van der Waals surface area contributed by atoms with Crippen LogP contribution in [0.3, 0.4) is 0 Å². The van der Waals surface area contributed by atoms with Gasteiger partial charge < -0.3 is 0 Å². The van der Waals surface area contributed by atoms with Crippen molar-refractivity contribution < 1.29 is 33.7 Å². The van der Waals surface area contributed by atoms with Gasteiger partial charge in [0.1, 0.15) is 0 Å². The fourth-order valence-electron chi connectivity index (χ4n) is 5.94. The second kappa shape index (κ2) is 16.5. The smallest absolute Gasteiger partial charge is 0.207 e.